The lowest BCUT2D eigenvalue weighted by molar-refractivity contribution is -0.129. The van der Waals surface area contributed by atoms with Crippen LogP contribution in [0, 0.1) is 6.92 Å². The average molecular weight is 426 g/mol. The van der Waals surface area contributed by atoms with Crippen molar-refractivity contribution in [3.63, 3.8) is 0 Å². The second kappa shape index (κ2) is 8.83. The quantitative estimate of drug-likeness (QED) is 0.360. The summed E-state index contributed by atoms with van der Waals surface area (Å²) in [6, 6.07) is 23.8. The molecular formula is C28H27NO3. The number of aliphatic imine (C=N–C) groups is 1. The van der Waals surface area contributed by atoms with Crippen LogP contribution in [0.1, 0.15) is 48.6 Å². The van der Waals surface area contributed by atoms with Gasteiger partial charge in [-0.2, -0.15) is 0 Å². The summed E-state index contributed by atoms with van der Waals surface area (Å²) in [6.07, 6.45) is 1.73. The van der Waals surface area contributed by atoms with E-state index >= 15 is 0 Å². The number of nitrogens with zero attached hydrogens (tertiary/aromatic N) is 1. The van der Waals surface area contributed by atoms with Gasteiger partial charge in [-0.15, -0.1) is 0 Å². The van der Waals surface area contributed by atoms with Gasteiger partial charge in [-0.1, -0.05) is 74.9 Å². The molecule has 0 radical (unpaired) electrons. The Morgan fingerprint density at radius 2 is 1.69 bits per heavy atom. The third-order valence-electron chi connectivity index (χ3n) is 5.29. The molecule has 4 nitrogen and oxygen atoms in total. The lowest BCUT2D eigenvalue weighted by Crippen LogP contribution is -2.11. The van der Waals surface area contributed by atoms with E-state index in [-0.39, 0.29) is 11.1 Å². The molecule has 1 heterocycles. The van der Waals surface area contributed by atoms with Gasteiger partial charge in [0, 0.05) is 5.56 Å². The zero-order valence-corrected chi connectivity index (χ0v) is 18.9. The van der Waals surface area contributed by atoms with Crippen LogP contribution in [0.3, 0.4) is 0 Å². The van der Waals surface area contributed by atoms with E-state index in [9.17, 15) is 4.79 Å². The Kier molecular flexibility index (Phi) is 5.95. The van der Waals surface area contributed by atoms with Crippen molar-refractivity contribution in [3.05, 3.63) is 106 Å². The Hall–Kier alpha value is -3.66. The summed E-state index contributed by atoms with van der Waals surface area (Å²) >= 11 is 0. The number of aryl methyl sites for hydroxylation is 1. The first-order valence-electron chi connectivity index (χ1n) is 10.7. The molecule has 0 N–H and O–H groups in total. The summed E-state index contributed by atoms with van der Waals surface area (Å²) < 4.78 is 11.3. The van der Waals surface area contributed by atoms with Gasteiger partial charge in [0.1, 0.15) is 12.4 Å². The fourth-order valence-electron chi connectivity index (χ4n) is 3.43. The van der Waals surface area contributed by atoms with E-state index in [1.54, 1.807) is 6.08 Å². The first kappa shape index (κ1) is 21.6. The highest BCUT2D eigenvalue weighted by molar-refractivity contribution is 6.12. The van der Waals surface area contributed by atoms with E-state index in [1.165, 1.54) is 11.1 Å². The molecule has 0 aliphatic carbocycles. The largest absolute Gasteiger partial charge is 0.489 e. The normalized spacial score (nSPS) is 14.9. The molecule has 3 aromatic carbocycles. The second-order valence-electron chi connectivity index (χ2n) is 9.01. The number of hydrogen-bond donors (Lipinski definition) is 0. The number of hydrogen-bond acceptors (Lipinski definition) is 4. The van der Waals surface area contributed by atoms with E-state index in [0.717, 1.165) is 22.4 Å². The van der Waals surface area contributed by atoms with Crippen molar-refractivity contribution < 1.29 is 14.3 Å². The molecule has 162 valence electrons. The van der Waals surface area contributed by atoms with Crippen molar-refractivity contribution in [1.29, 1.82) is 0 Å². The summed E-state index contributed by atoms with van der Waals surface area (Å²) in [4.78, 5) is 16.7. The van der Waals surface area contributed by atoms with Gasteiger partial charge in [-0.25, -0.2) is 9.79 Å². The number of cyclic esters (lactones) is 1. The van der Waals surface area contributed by atoms with E-state index in [1.807, 2.05) is 60.7 Å². The monoisotopic (exact) mass is 425 g/mol. The zero-order chi connectivity index (χ0) is 22.7. The van der Waals surface area contributed by atoms with Crippen molar-refractivity contribution in [2.24, 2.45) is 4.99 Å². The smallest absolute Gasteiger partial charge is 0.363 e. The molecule has 0 spiro atoms. The Bertz CT molecular complexity index is 1180. The van der Waals surface area contributed by atoms with Gasteiger partial charge in [-0.3, -0.25) is 0 Å². The highest BCUT2D eigenvalue weighted by Gasteiger charge is 2.24. The van der Waals surface area contributed by atoms with E-state index in [2.05, 4.69) is 44.8 Å². The zero-order valence-electron chi connectivity index (χ0n) is 18.9. The van der Waals surface area contributed by atoms with Gasteiger partial charge in [-0.05, 0) is 59.4 Å². The van der Waals surface area contributed by atoms with Crippen LogP contribution in [0.15, 0.2) is 83.5 Å². The van der Waals surface area contributed by atoms with Crippen molar-refractivity contribution >= 4 is 17.9 Å². The van der Waals surface area contributed by atoms with Crippen LogP contribution in [-0.4, -0.2) is 11.9 Å². The number of esters is 1. The Morgan fingerprint density at radius 3 is 2.34 bits per heavy atom. The lowest BCUT2D eigenvalue weighted by atomic mass is 9.87. The Morgan fingerprint density at radius 1 is 0.969 bits per heavy atom. The maximum atomic E-state index is 12.3. The van der Waals surface area contributed by atoms with Crippen LogP contribution in [0.4, 0.5) is 0 Å². The van der Waals surface area contributed by atoms with Crippen LogP contribution in [-0.2, 0) is 21.6 Å². The maximum absolute atomic E-state index is 12.3. The summed E-state index contributed by atoms with van der Waals surface area (Å²) in [5.41, 5.74) is 5.54. The first-order valence-corrected chi connectivity index (χ1v) is 10.7. The summed E-state index contributed by atoms with van der Waals surface area (Å²) in [6.45, 7) is 9.06. The molecule has 1 aliphatic heterocycles. The molecule has 0 atom stereocenters. The number of benzene rings is 3. The standard InChI is InChI=1S/C28H27NO3/c1-19-6-5-7-21(16-19)18-31-24-14-8-20(9-15-24)17-25-27(30)32-26(29-25)22-10-12-23(13-11-22)28(2,3)4/h5-17H,18H2,1-4H3/b25-17-. The minimum Gasteiger partial charge on any atom is -0.489 e. The number of carbonyl (C=O) groups is 1. The van der Waals surface area contributed by atoms with Gasteiger partial charge in [0.25, 0.3) is 0 Å². The van der Waals surface area contributed by atoms with E-state index in [4.69, 9.17) is 9.47 Å². The van der Waals surface area contributed by atoms with E-state index in [0.29, 0.717) is 12.5 Å². The molecular weight excluding hydrogens is 398 g/mol. The van der Waals surface area contributed by atoms with Gasteiger partial charge in [0.15, 0.2) is 5.70 Å². The minimum atomic E-state index is -0.445. The lowest BCUT2D eigenvalue weighted by Gasteiger charge is -2.18. The molecule has 1 aliphatic rings. The number of rotatable bonds is 5. The highest BCUT2D eigenvalue weighted by atomic mass is 16.6. The van der Waals surface area contributed by atoms with Crippen molar-refractivity contribution in [1.82, 2.24) is 0 Å². The number of ether oxygens (including phenoxy) is 2. The number of carbonyl (C=O) groups excluding carboxylic acids is 1. The minimum absolute atomic E-state index is 0.0632. The molecule has 0 aromatic heterocycles. The summed E-state index contributed by atoms with van der Waals surface area (Å²) in [7, 11) is 0. The van der Waals surface area contributed by atoms with Gasteiger partial charge >= 0.3 is 5.97 Å². The van der Waals surface area contributed by atoms with Crippen molar-refractivity contribution in [2.45, 2.75) is 39.7 Å². The molecule has 3 aromatic rings. The molecule has 0 fully saturated rings. The van der Waals surface area contributed by atoms with Crippen LogP contribution < -0.4 is 4.74 Å². The topological polar surface area (TPSA) is 47.9 Å². The SMILES string of the molecule is Cc1cccc(COc2ccc(/C=C3\N=C(c4ccc(C(C)(C)C)cc4)OC3=O)cc2)c1. The summed E-state index contributed by atoms with van der Waals surface area (Å²) in [5, 5.41) is 0. The fraction of sp³-hybridized carbons (Fsp3) is 0.214. The molecule has 4 heteroatoms. The van der Waals surface area contributed by atoms with Crippen LogP contribution in [0.5, 0.6) is 5.75 Å². The van der Waals surface area contributed by atoms with E-state index < -0.39 is 5.97 Å². The molecule has 0 saturated carbocycles. The molecule has 0 saturated heterocycles. The van der Waals surface area contributed by atoms with Crippen LogP contribution >= 0.6 is 0 Å². The molecule has 0 amide bonds. The van der Waals surface area contributed by atoms with Crippen LogP contribution in [0.25, 0.3) is 6.08 Å². The molecule has 0 unspecified atom stereocenters. The summed E-state index contributed by atoms with van der Waals surface area (Å²) in [5.74, 6) is 0.658. The predicted octanol–water partition coefficient (Wildman–Crippen LogP) is 6.22. The van der Waals surface area contributed by atoms with Crippen molar-refractivity contribution in [3.8, 4) is 5.75 Å². The average Bonchev–Trinajstić information content (AvgIpc) is 3.13. The third kappa shape index (κ3) is 5.14. The first-order chi connectivity index (χ1) is 15.3. The third-order valence-corrected chi connectivity index (χ3v) is 5.29. The Labute approximate surface area is 189 Å². The van der Waals surface area contributed by atoms with Crippen molar-refractivity contribution in [2.75, 3.05) is 0 Å². The van der Waals surface area contributed by atoms with Gasteiger partial charge < -0.3 is 9.47 Å². The molecule has 32 heavy (non-hydrogen) atoms. The predicted molar refractivity (Wildman–Crippen MR) is 128 cm³/mol. The fourth-order valence-corrected chi connectivity index (χ4v) is 3.43. The Balaban J connectivity index is 1.45. The highest BCUT2D eigenvalue weighted by Crippen LogP contribution is 2.25. The second-order valence-corrected chi connectivity index (χ2v) is 9.01. The van der Waals surface area contributed by atoms with Gasteiger partial charge in [0.2, 0.25) is 5.90 Å². The molecule has 0 bridgehead atoms. The van der Waals surface area contributed by atoms with Crippen LogP contribution in [0.2, 0.25) is 0 Å². The van der Waals surface area contributed by atoms with Gasteiger partial charge in [0.05, 0.1) is 0 Å². The maximum Gasteiger partial charge on any atom is 0.363 e. The molecule has 4 rings (SSSR count).